The molecule has 0 radical (unpaired) electrons. The molecule has 0 fully saturated rings. The van der Waals surface area contributed by atoms with Gasteiger partial charge in [-0.1, -0.05) is 42.5 Å². The van der Waals surface area contributed by atoms with E-state index in [0.29, 0.717) is 22.5 Å². The summed E-state index contributed by atoms with van der Waals surface area (Å²) in [6, 6.07) is 21.2. The van der Waals surface area contributed by atoms with Gasteiger partial charge in [0.2, 0.25) is 0 Å². The molecule has 0 aromatic heterocycles. The molecule has 1 aliphatic heterocycles. The van der Waals surface area contributed by atoms with Gasteiger partial charge in [0.25, 0.3) is 11.8 Å². The number of amides is 2. The molecule has 0 bridgehead atoms. The van der Waals surface area contributed by atoms with E-state index in [4.69, 9.17) is 4.74 Å². The summed E-state index contributed by atoms with van der Waals surface area (Å²) in [7, 11) is 0. The smallest absolute Gasteiger partial charge is 0.339 e. The van der Waals surface area contributed by atoms with Crippen LogP contribution in [0.4, 0.5) is 11.4 Å². The first-order valence-electron chi connectivity index (χ1n) is 9.95. The molecule has 0 saturated carbocycles. The van der Waals surface area contributed by atoms with E-state index in [2.05, 4.69) is 10.6 Å². The molecule has 0 saturated heterocycles. The molecule has 0 aliphatic carbocycles. The first-order valence-corrected chi connectivity index (χ1v) is 9.95. The van der Waals surface area contributed by atoms with Crippen molar-refractivity contribution in [3.63, 3.8) is 0 Å². The zero-order chi connectivity index (χ0) is 22.0. The summed E-state index contributed by atoms with van der Waals surface area (Å²) in [5.74, 6) is -1.38. The van der Waals surface area contributed by atoms with Gasteiger partial charge in [-0.2, -0.15) is 0 Å². The van der Waals surface area contributed by atoms with E-state index < -0.39 is 17.5 Å². The first kappa shape index (κ1) is 20.3. The molecule has 1 atom stereocenters. The Morgan fingerprint density at radius 1 is 0.935 bits per heavy atom. The second kappa shape index (κ2) is 8.07. The van der Waals surface area contributed by atoms with Gasteiger partial charge in [0.1, 0.15) is 0 Å². The quantitative estimate of drug-likeness (QED) is 0.622. The zero-order valence-electron chi connectivity index (χ0n) is 17.3. The Bertz CT molecular complexity index is 1190. The van der Waals surface area contributed by atoms with Crippen molar-refractivity contribution in [3.05, 3.63) is 95.1 Å². The van der Waals surface area contributed by atoms with Gasteiger partial charge in [-0.25, -0.2) is 4.79 Å². The molecule has 2 amide bonds. The standard InChI is InChI=1S/C25H22N2O4/c1-16-8-7-10-18(14-16)26-22(28)20-12-5-6-13-21(20)27-24(30)25(2)15-17-9-3-4-11-19(17)23(29)31-25/h3-14H,15H2,1-2H3,(H,26,28)(H,27,30). The molecule has 31 heavy (non-hydrogen) atoms. The number of nitrogens with one attached hydrogen (secondary N) is 2. The zero-order valence-corrected chi connectivity index (χ0v) is 17.3. The lowest BCUT2D eigenvalue weighted by Crippen LogP contribution is -2.49. The predicted molar refractivity (Wildman–Crippen MR) is 118 cm³/mol. The summed E-state index contributed by atoms with van der Waals surface area (Å²) >= 11 is 0. The number of hydrogen-bond acceptors (Lipinski definition) is 4. The van der Waals surface area contributed by atoms with Gasteiger partial charge in [-0.05, 0) is 55.3 Å². The molecule has 1 unspecified atom stereocenters. The van der Waals surface area contributed by atoms with Crippen molar-refractivity contribution in [3.8, 4) is 0 Å². The van der Waals surface area contributed by atoms with Crippen molar-refractivity contribution < 1.29 is 19.1 Å². The Morgan fingerprint density at radius 3 is 2.48 bits per heavy atom. The van der Waals surface area contributed by atoms with Crippen molar-refractivity contribution in [1.29, 1.82) is 0 Å². The molecule has 156 valence electrons. The molecule has 1 heterocycles. The summed E-state index contributed by atoms with van der Waals surface area (Å²) < 4.78 is 5.49. The number of aryl methyl sites for hydroxylation is 1. The molecular weight excluding hydrogens is 392 g/mol. The number of fused-ring (bicyclic) bond motifs is 1. The van der Waals surface area contributed by atoms with E-state index >= 15 is 0 Å². The Balaban J connectivity index is 1.56. The van der Waals surface area contributed by atoms with Crippen LogP contribution in [0, 0.1) is 6.92 Å². The Kier molecular flexibility index (Phi) is 5.29. The molecular formula is C25H22N2O4. The molecule has 3 aromatic rings. The highest BCUT2D eigenvalue weighted by Gasteiger charge is 2.42. The van der Waals surface area contributed by atoms with E-state index in [1.165, 1.54) is 0 Å². The van der Waals surface area contributed by atoms with Gasteiger partial charge < -0.3 is 15.4 Å². The van der Waals surface area contributed by atoms with E-state index in [-0.39, 0.29) is 12.3 Å². The summed E-state index contributed by atoms with van der Waals surface area (Å²) in [5, 5.41) is 5.62. The minimum absolute atomic E-state index is 0.248. The highest BCUT2D eigenvalue weighted by molar-refractivity contribution is 6.11. The van der Waals surface area contributed by atoms with E-state index in [9.17, 15) is 14.4 Å². The molecule has 0 spiro atoms. The maximum Gasteiger partial charge on any atom is 0.339 e. The van der Waals surface area contributed by atoms with E-state index in [1.807, 2.05) is 37.3 Å². The number of esters is 1. The van der Waals surface area contributed by atoms with Crippen molar-refractivity contribution in [2.75, 3.05) is 10.6 Å². The third-order valence-corrected chi connectivity index (χ3v) is 5.26. The number of anilines is 2. The van der Waals surface area contributed by atoms with Crippen LogP contribution < -0.4 is 10.6 Å². The lowest BCUT2D eigenvalue weighted by molar-refractivity contribution is -0.134. The number of para-hydroxylation sites is 1. The predicted octanol–water partition coefficient (Wildman–Crippen LogP) is 4.36. The van der Waals surface area contributed by atoms with Crippen LogP contribution in [0.5, 0.6) is 0 Å². The Morgan fingerprint density at radius 2 is 1.68 bits per heavy atom. The minimum Gasteiger partial charge on any atom is -0.445 e. The van der Waals surface area contributed by atoms with Crippen molar-refractivity contribution >= 4 is 29.2 Å². The van der Waals surface area contributed by atoms with Crippen molar-refractivity contribution in [2.45, 2.75) is 25.9 Å². The highest BCUT2D eigenvalue weighted by Crippen LogP contribution is 2.30. The van der Waals surface area contributed by atoms with Gasteiger partial charge in [-0.15, -0.1) is 0 Å². The van der Waals surface area contributed by atoms with Gasteiger partial charge in [0, 0.05) is 12.1 Å². The summed E-state index contributed by atoms with van der Waals surface area (Å²) in [5.41, 5.74) is 2.17. The fraction of sp³-hybridized carbons (Fsp3) is 0.160. The Labute approximate surface area is 180 Å². The normalized spacial score (nSPS) is 17.3. The number of hydrogen-bond donors (Lipinski definition) is 2. The molecule has 1 aliphatic rings. The van der Waals surface area contributed by atoms with Crippen LogP contribution >= 0.6 is 0 Å². The second-order valence-corrected chi connectivity index (χ2v) is 7.78. The molecule has 4 rings (SSSR count). The fourth-order valence-corrected chi connectivity index (χ4v) is 3.63. The van der Waals surface area contributed by atoms with Gasteiger partial charge in [0.05, 0.1) is 16.8 Å². The number of benzene rings is 3. The molecule has 6 heteroatoms. The van der Waals surface area contributed by atoms with E-state index in [1.54, 1.807) is 49.4 Å². The van der Waals surface area contributed by atoms with E-state index in [0.717, 1.165) is 11.1 Å². The monoisotopic (exact) mass is 414 g/mol. The highest BCUT2D eigenvalue weighted by atomic mass is 16.6. The van der Waals surface area contributed by atoms with Gasteiger partial charge in [0.15, 0.2) is 5.60 Å². The van der Waals surface area contributed by atoms with Crippen LogP contribution in [0.15, 0.2) is 72.8 Å². The molecule has 6 nitrogen and oxygen atoms in total. The molecule has 3 aromatic carbocycles. The third-order valence-electron chi connectivity index (χ3n) is 5.26. The first-order chi connectivity index (χ1) is 14.9. The Hall–Kier alpha value is -3.93. The number of cyclic esters (lactones) is 1. The second-order valence-electron chi connectivity index (χ2n) is 7.78. The van der Waals surface area contributed by atoms with Crippen LogP contribution in [-0.4, -0.2) is 23.4 Å². The van der Waals surface area contributed by atoms with Crippen molar-refractivity contribution in [1.82, 2.24) is 0 Å². The van der Waals surface area contributed by atoms with Crippen LogP contribution in [0.2, 0.25) is 0 Å². The topological polar surface area (TPSA) is 84.5 Å². The SMILES string of the molecule is Cc1cccc(NC(=O)c2ccccc2NC(=O)C2(C)Cc3ccccc3C(=O)O2)c1. The third kappa shape index (κ3) is 4.19. The van der Waals surface area contributed by atoms with Gasteiger partial charge in [-0.3, -0.25) is 9.59 Å². The van der Waals surface area contributed by atoms with Crippen LogP contribution in [-0.2, 0) is 16.0 Å². The maximum absolute atomic E-state index is 13.1. The number of ether oxygens (including phenoxy) is 1. The number of rotatable bonds is 4. The lowest BCUT2D eigenvalue weighted by Gasteiger charge is -2.33. The fourth-order valence-electron chi connectivity index (χ4n) is 3.63. The lowest BCUT2D eigenvalue weighted by atomic mass is 9.89. The maximum atomic E-state index is 13.1. The number of carbonyl (C=O) groups excluding carboxylic acids is 3. The number of carbonyl (C=O) groups is 3. The largest absolute Gasteiger partial charge is 0.445 e. The van der Waals surface area contributed by atoms with Crippen LogP contribution in [0.1, 0.15) is 38.8 Å². The molecule has 2 N–H and O–H groups in total. The summed E-state index contributed by atoms with van der Waals surface area (Å²) in [4.78, 5) is 38.4. The van der Waals surface area contributed by atoms with Crippen LogP contribution in [0.25, 0.3) is 0 Å². The summed E-state index contributed by atoms with van der Waals surface area (Å²) in [6.07, 6.45) is 0.248. The average molecular weight is 414 g/mol. The average Bonchev–Trinajstić information content (AvgIpc) is 2.74. The minimum atomic E-state index is -1.38. The van der Waals surface area contributed by atoms with Crippen molar-refractivity contribution in [2.24, 2.45) is 0 Å². The summed E-state index contributed by atoms with van der Waals surface area (Å²) in [6.45, 7) is 3.51. The van der Waals surface area contributed by atoms with Gasteiger partial charge >= 0.3 is 5.97 Å². The van der Waals surface area contributed by atoms with Crippen LogP contribution in [0.3, 0.4) is 0 Å².